The molecule has 4 heteroatoms. The first-order valence-corrected chi connectivity index (χ1v) is 6.20. The van der Waals surface area contributed by atoms with Gasteiger partial charge in [0, 0.05) is 5.56 Å². The Morgan fingerprint density at radius 2 is 1.57 bits per heavy atom. The molecule has 0 saturated heterocycles. The molecule has 21 heavy (non-hydrogen) atoms. The number of hydrogen-bond acceptors (Lipinski definition) is 0. The summed E-state index contributed by atoms with van der Waals surface area (Å²) >= 11 is 0. The largest absolute Gasteiger partial charge is 0.206 e. The van der Waals surface area contributed by atoms with Gasteiger partial charge in [0.25, 0.3) is 0 Å². The lowest BCUT2D eigenvalue weighted by atomic mass is 10.00. The van der Waals surface area contributed by atoms with E-state index in [4.69, 9.17) is 0 Å². The predicted molar refractivity (Wildman–Crippen MR) is 75.6 cm³/mol. The molecule has 0 saturated carbocycles. The molecule has 0 aliphatic rings. The highest BCUT2D eigenvalue weighted by atomic mass is 19.2. The molecule has 0 aliphatic carbocycles. The maximum Gasteiger partial charge on any atom is 0.194 e. The third-order valence-corrected chi connectivity index (χ3v) is 3.00. The van der Waals surface area contributed by atoms with E-state index < -0.39 is 23.3 Å². The van der Waals surface area contributed by atoms with Crippen LogP contribution in [0.4, 0.5) is 17.6 Å². The smallest absolute Gasteiger partial charge is 0.194 e. The number of benzene rings is 2. The van der Waals surface area contributed by atoms with Gasteiger partial charge in [-0.25, -0.2) is 17.6 Å². The van der Waals surface area contributed by atoms with Gasteiger partial charge < -0.3 is 0 Å². The van der Waals surface area contributed by atoms with E-state index in [0.717, 1.165) is 12.1 Å². The van der Waals surface area contributed by atoms with Crippen molar-refractivity contribution in [1.29, 1.82) is 0 Å². The van der Waals surface area contributed by atoms with Crippen LogP contribution in [0.25, 0.3) is 16.7 Å². The molecule has 2 aromatic rings. The second kappa shape index (κ2) is 5.95. The Morgan fingerprint density at radius 3 is 2.10 bits per heavy atom. The van der Waals surface area contributed by atoms with Crippen molar-refractivity contribution < 1.29 is 17.6 Å². The van der Waals surface area contributed by atoms with Crippen molar-refractivity contribution in [3.63, 3.8) is 0 Å². The van der Waals surface area contributed by atoms with Gasteiger partial charge in [-0.2, -0.15) is 0 Å². The summed E-state index contributed by atoms with van der Waals surface area (Å²) in [6.07, 6.45) is 3.48. The van der Waals surface area contributed by atoms with Crippen molar-refractivity contribution in [3.8, 4) is 11.1 Å². The highest BCUT2D eigenvalue weighted by Gasteiger charge is 2.14. The van der Waals surface area contributed by atoms with Gasteiger partial charge in [-0.05, 0) is 41.8 Å². The van der Waals surface area contributed by atoms with Crippen LogP contribution < -0.4 is 0 Å². The number of halogens is 4. The van der Waals surface area contributed by atoms with Gasteiger partial charge in [0.2, 0.25) is 0 Å². The quantitative estimate of drug-likeness (QED) is 0.398. The Kier molecular flexibility index (Phi) is 4.26. The molecule has 0 atom stereocenters. The molecule has 0 N–H and O–H groups in total. The van der Waals surface area contributed by atoms with Crippen molar-refractivity contribution in [2.45, 2.75) is 6.92 Å². The minimum Gasteiger partial charge on any atom is -0.206 e. The number of rotatable bonds is 3. The average Bonchev–Trinajstić information content (AvgIpc) is 2.44. The van der Waals surface area contributed by atoms with Crippen molar-refractivity contribution in [3.05, 3.63) is 77.9 Å². The van der Waals surface area contributed by atoms with Crippen LogP contribution in [0, 0.1) is 23.3 Å². The maximum absolute atomic E-state index is 14.1. The molecule has 0 bridgehead atoms. The Bertz CT molecular complexity index is 707. The molecule has 0 unspecified atom stereocenters. The van der Waals surface area contributed by atoms with E-state index in [-0.39, 0.29) is 11.1 Å². The Hall–Kier alpha value is -2.36. The van der Waals surface area contributed by atoms with E-state index in [1.54, 1.807) is 25.1 Å². The Morgan fingerprint density at radius 1 is 0.952 bits per heavy atom. The van der Waals surface area contributed by atoms with Crippen LogP contribution in [0.1, 0.15) is 12.5 Å². The summed E-state index contributed by atoms with van der Waals surface area (Å²) in [6.45, 7) is 5.58. The minimum absolute atomic E-state index is 0.00942. The normalized spacial score (nSPS) is 11.1. The molecular weight excluding hydrogens is 280 g/mol. The summed E-state index contributed by atoms with van der Waals surface area (Å²) in [6, 6.07) is 5.71. The van der Waals surface area contributed by atoms with Crippen LogP contribution in [-0.4, -0.2) is 0 Å². The molecule has 0 radical (unpaired) electrons. The molecule has 0 spiro atoms. The summed E-state index contributed by atoms with van der Waals surface area (Å²) in [4.78, 5) is 0. The zero-order chi connectivity index (χ0) is 15.6. The van der Waals surface area contributed by atoms with Crippen molar-refractivity contribution in [1.82, 2.24) is 0 Å². The van der Waals surface area contributed by atoms with Crippen molar-refractivity contribution >= 4 is 5.57 Å². The summed E-state index contributed by atoms with van der Waals surface area (Å²) in [5.41, 5.74) is 1.09. The fourth-order valence-electron chi connectivity index (χ4n) is 1.96. The van der Waals surface area contributed by atoms with Gasteiger partial charge in [-0.15, -0.1) is 0 Å². The molecule has 0 amide bonds. The monoisotopic (exact) mass is 292 g/mol. The number of hydrogen-bond donors (Lipinski definition) is 0. The average molecular weight is 292 g/mol. The topological polar surface area (TPSA) is 0 Å². The number of allylic oxidation sites excluding steroid dienone is 3. The van der Waals surface area contributed by atoms with Gasteiger partial charge >= 0.3 is 0 Å². The fourth-order valence-corrected chi connectivity index (χ4v) is 1.96. The van der Waals surface area contributed by atoms with Gasteiger partial charge in [0.05, 0.1) is 0 Å². The first-order valence-electron chi connectivity index (χ1n) is 6.20. The van der Waals surface area contributed by atoms with Crippen LogP contribution in [0.2, 0.25) is 0 Å². The van der Waals surface area contributed by atoms with E-state index in [1.165, 1.54) is 12.1 Å². The molecule has 2 rings (SSSR count). The summed E-state index contributed by atoms with van der Waals surface area (Å²) < 4.78 is 53.4. The third kappa shape index (κ3) is 3.05. The first kappa shape index (κ1) is 15.0. The van der Waals surface area contributed by atoms with Crippen LogP contribution in [0.5, 0.6) is 0 Å². The van der Waals surface area contributed by atoms with Crippen LogP contribution in [0.3, 0.4) is 0 Å². The standard InChI is InChI=1S/C17H12F4/c1-3-4-10(2)11-5-6-13(14(18)7-11)12-8-15(19)17(21)16(20)9-12/h3-9H,2H2,1H3. The molecular formula is C17H12F4. The molecule has 108 valence electrons. The molecule has 0 nitrogen and oxygen atoms in total. The van der Waals surface area contributed by atoms with Gasteiger partial charge in [0.15, 0.2) is 17.5 Å². The fraction of sp³-hybridized carbons (Fsp3) is 0.0588. The minimum atomic E-state index is -1.57. The first-order chi connectivity index (χ1) is 9.93. The third-order valence-electron chi connectivity index (χ3n) is 3.00. The van der Waals surface area contributed by atoms with E-state index in [2.05, 4.69) is 6.58 Å². The van der Waals surface area contributed by atoms with E-state index in [0.29, 0.717) is 11.1 Å². The van der Waals surface area contributed by atoms with Crippen LogP contribution in [-0.2, 0) is 0 Å². The molecule has 2 aromatic carbocycles. The Labute approximate surface area is 120 Å². The Balaban J connectivity index is 2.49. The summed E-state index contributed by atoms with van der Waals surface area (Å²) in [7, 11) is 0. The van der Waals surface area contributed by atoms with Gasteiger partial charge in [0.1, 0.15) is 5.82 Å². The van der Waals surface area contributed by atoms with Gasteiger partial charge in [-0.3, -0.25) is 0 Å². The highest BCUT2D eigenvalue weighted by Crippen LogP contribution is 2.28. The van der Waals surface area contributed by atoms with Crippen LogP contribution in [0.15, 0.2) is 49.1 Å². The molecule has 0 fully saturated rings. The molecule has 0 heterocycles. The predicted octanol–water partition coefficient (Wildman–Crippen LogP) is 5.50. The molecule has 0 aromatic heterocycles. The van der Waals surface area contributed by atoms with Crippen molar-refractivity contribution in [2.24, 2.45) is 0 Å². The van der Waals surface area contributed by atoms with E-state index >= 15 is 0 Å². The van der Waals surface area contributed by atoms with E-state index in [9.17, 15) is 17.6 Å². The van der Waals surface area contributed by atoms with E-state index in [1.807, 2.05) is 0 Å². The summed E-state index contributed by atoms with van der Waals surface area (Å²) in [5.74, 6) is -4.94. The van der Waals surface area contributed by atoms with Gasteiger partial charge in [-0.1, -0.05) is 30.9 Å². The zero-order valence-corrected chi connectivity index (χ0v) is 11.3. The lowest BCUT2D eigenvalue weighted by Crippen LogP contribution is -1.94. The van der Waals surface area contributed by atoms with Crippen LogP contribution >= 0.6 is 0 Å². The highest BCUT2D eigenvalue weighted by molar-refractivity contribution is 5.74. The summed E-state index contributed by atoms with van der Waals surface area (Å²) in [5, 5.41) is 0. The zero-order valence-electron chi connectivity index (χ0n) is 11.3. The molecule has 0 aliphatic heterocycles. The lowest BCUT2D eigenvalue weighted by Gasteiger charge is -2.08. The van der Waals surface area contributed by atoms with Crippen molar-refractivity contribution in [2.75, 3.05) is 0 Å². The second-order valence-electron chi connectivity index (χ2n) is 4.47. The lowest BCUT2D eigenvalue weighted by molar-refractivity contribution is 0.447. The maximum atomic E-state index is 14.1. The SMILES string of the molecule is C=C(C=CC)c1ccc(-c2cc(F)c(F)c(F)c2)c(F)c1. The second-order valence-corrected chi connectivity index (χ2v) is 4.47.